The molecule has 126 valence electrons. The number of rotatable bonds is 5. The molecule has 0 aliphatic heterocycles. The van der Waals surface area contributed by atoms with Crippen molar-refractivity contribution in [3.8, 4) is 0 Å². The molecule has 0 radical (unpaired) electrons. The second kappa shape index (κ2) is 8.12. The van der Waals surface area contributed by atoms with Crippen LogP contribution in [-0.4, -0.2) is 35.0 Å². The SMILES string of the molecule is Cc1ccc(NC(=O)C(=O)N(CCO)Cc2ccccc2)c(N)c1. The Hall–Kier alpha value is -2.86. The Balaban J connectivity index is 2.09. The molecule has 0 unspecified atom stereocenters. The lowest BCUT2D eigenvalue weighted by atomic mass is 10.2. The first kappa shape index (κ1) is 17.5. The van der Waals surface area contributed by atoms with Crippen molar-refractivity contribution in [2.45, 2.75) is 13.5 Å². The maximum atomic E-state index is 12.4. The summed E-state index contributed by atoms with van der Waals surface area (Å²) in [6, 6.07) is 14.5. The Bertz CT molecular complexity index is 717. The van der Waals surface area contributed by atoms with E-state index in [1.807, 2.05) is 37.3 Å². The predicted molar refractivity (Wildman–Crippen MR) is 93.2 cm³/mol. The van der Waals surface area contributed by atoms with Crippen LogP contribution in [0.5, 0.6) is 0 Å². The van der Waals surface area contributed by atoms with E-state index in [1.54, 1.807) is 18.2 Å². The van der Waals surface area contributed by atoms with Crippen LogP contribution < -0.4 is 11.1 Å². The minimum atomic E-state index is -0.782. The lowest BCUT2D eigenvalue weighted by Gasteiger charge is -2.21. The number of carbonyl (C=O) groups is 2. The van der Waals surface area contributed by atoms with Crippen LogP contribution in [0.4, 0.5) is 11.4 Å². The molecule has 4 N–H and O–H groups in total. The number of aliphatic hydroxyl groups excluding tert-OH is 1. The quantitative estimate of drug-likeness (QED) is 0.573. The van der Waals surface area contributed by atoms with Gasteiger partial charge in [-0.05, 0) is 30.2 Å². The van der Waals surface area contributed by atoms with Crippen LogP contribution in [0.25, 0.3) is 0 Å². The zero-order valence-corrected chi connectivity index (χ0v) is 13.5. The van der Waals surface area contributed by atoms with E-state index in [-0.39, 0.29) is 19.7 Å². The molecular formula is C18H21N3O3. The van der Waals surface area contributed by atoms with Crippen LogP contribution in [0.1, 0.15) is 11.1 Å². The van der Waals surface area contributed by atoms with Gasteiger partial charge in [-0.15, -0.1) is 0 Å². The summed E-state index contributed by atoms with van der Waals surface area (Å²) in [6.07, 6.45) is 0. The lowest BCUT2D eigenvalue weighted by molar-refractivity contribution is -0.143. The number of nitrogens with one attached hydrogen (secondary N) is 1. The summed E-state index contributed by atoms with van der Waals surface area (Å²) in [4.78, 5) is 25.9. The van der Waals surface area contributed by atoms with Gasteiger partial charge in [0.1, 0.15) is 0 Å². The zero-order chi connectivity index (χ0) is 17.5. The summed E-state index contributed by atoms with van der Waals surface area (Å²) in [6.45, 7) is 1.98. The number of aliphatic hydroxyl groups is 1. The molecule has 0 aliphatic carbocycles. The fourth-order valence-corrected chi connectivity index (χ4v) is 2.29. The molecule has 0 aliphatic rings. The molecule has 0 spiro atoms. The van der Waals surface area contributed by atoms with Crippen LogP contribution in [0.2, 0.25) is 0 Å². The summed E-state index contributed by atoms with van der Waals surface area (Å²) >= 11 is 0. The highest BCUT2D eigenvalue weighted by atomic mass is 16.3. The Morgan fingerprint density at radius 1 is 1.17 bits per heavy atom. The molecule has 6 heteroatoms. The van der Waals surface area contributed by atoms with Crippen LogP contribution in [-0.2, 0) is 16.1 Å². The molecule has 0 fully saturated rings. The summed E-state index contributed by atoms with van der Waals surface area (Å²) in [5.74, 6) is -1.50. The Morgan fingerprint density at radius 3 is 2.50 bits per heavy atom. The molecule has 0 saturated carbocycles. The van der Waals surface area contributed by atoms with Crippen molar-refractivity contribution >= 4 is 23.2 Å². The van der Waals surface area contributed by atoms with E-state index in [2.05, 4.69) is 5.32 Å². The molecule has 0 atom stereocenters. The number of hydrogen-bond acceptors (Lipinski definition) is 4. The second-order valence-electron chi connectivity index (χ2n) is 5.48. The first-order valence-electron chi connectivity index (χ1n) is 7.62. The average Bonchev–Trinajstić information content (AvgIpc) is 2.57. The number of nitrogen functional groups attached to an aromatic ring is 1. The van der Waals surface area contributed by atoms with Crippen molar-refractivity contribution < 1.29 is 14.7 Å². The minimum Gasteiger partial charge on any atom is -0.397 e. The smallest absolute Gasteiger partial charge is 0.313 e. The van der Waals surface area contributed by atoms with E-state index in [4.69, 9.17) is 10.8 Å². The highest BCUT2D eigenvalue weighted by molar-refractivity contribution is 6.39. The number of aryl methyl sites for hydroxylation is 1. The van der Waals surface area contributed by atoms with Crippen molar-refractivity contribution in [1.82, 2.24) is 4.90 Å². The van der Waals surface area contributed by atoms with E-state index in [1.165, 1.54) is 4.90 Å². The van der Waals surface area contributed by atoms with Gasteiger partial charge in [-0.25, -0.2) is 0 Å². The molecule has 0 bridgehead atoms. The van der Waals surface area contributed by atoms with Crippen LogP contribution in [0.3, 0.4) is 0 Å². The number of anilines is 2. The topological polar surface area (TPSA) is 95.7 Å². The van der Waals surface area contributed by atoms with Gasteiger partial charge in [-0.2, -0.15) is 0 Å². The maximum Gasteiger partial charge on any atom is 0.313 e. The van der Waals surface area contributed by atoms with E-state index in [0.29, 0.717) is 11.4 Å². The monoisotopic (exact) mass is 327 g/mol. The van der Waals surface area contributed by atoms with Crippen molar-refractivity contribution in [2.24, 2.45) is 0 Å². The van der Waals surface area contributed by atoms with E-state index >= 15 is 0 Å². The number of nitrogens with two attached hydrogens (primary N) is 1. The highest BCUT2D eigenvalue weighted by Crippen LogP contribution is 2.19. The molecule has 0 heterocycles. The van der Waals surface area contributed by atoms with Gasteiger partial charge in [-0.3, -0.25) is 9.59 Å². The first-order valence-corrected chi connectivity index (χ1v) is 7.62. The van der Waals surface area contributed by atoms with E-state index < -0.39 is 11.8 Å². The number of amides is 2. The highest BCUT2D eigenvalue weighted by Gasteiger charge is 2.22. The van der Waals surface area contributed by atoms with Crippen molar-refractivity contribution in [3.05, 3.63) is 59.7 Å². The van der Waals surface area contributed by atoms with Crippen LogP contribution in [0, 0.1) is 6.92 Å². The molecule has 24 heavy (non-hydrogen) atoms. The number of benzene rings is 2. The minimum absolute atomic E-state index is 0.0739. The molecule has 2 amide bonds. The van der Waals surface area contributed by atoms with Gasteiger partial charge in [0.05, 0.1) is 18.0 Å². The van der Waals surface area contributed by atoms with Crippen LogP contribution >= 0.6 is 0 Å². The van der Waals surface area contributed by atoms with Crippen molar-refractivity contribution in [3.63, 3.8) is 0 Å². The van der Waals surface area contributed by atoms with E-state index in [9.17, 15) is 9.59 Å². The second-order valence-corrected chi connectivity index (χ2v) is 5.48. The molecule has 2 rings (SSSR count). The standard InChI is InChI=1S/C18H21N3O3/c1-13-7-8-16(15(19)11-13)20-17(23)18(24)21(9-10-22)12-14-5-3-2-4-6-14/h2-8,11,22H,9-10,12,19H2,1H3,(H,20,23). The predicted octanol–water partition coefficient (Wildman–Crippen LogP) is 1.54. The lowest BCUT2D eigenvalue weighted by Crippen LogP contribution is -2.40. The van der Waals surface area contributed by atoms with Gasteiger partial charge in [0, 0.05) is 13.1 Å². The molecular weight excluding hydrogens is 306 g/mol. The number of nitrogens with zero attached hydrogens (tertiary/aromatic N) is 1. The molecule has 0 saturated heterocycles. The fourth-order valence-electron chi connectivity index (χ4n) is 2.29. The Labute approximate surface area is 140 Å². The third-order valence-electron chi connectivity index (χ3n) is 3.52. The molecule has 0 aromatic heterocycles. The maximum absolute atomic E-state index is 12.4. The molecule has 6 nitrogen and oxygen atoms in total. The third kappa shape index (κ3) is 4.57. The van der Waals surface area contributed by atoms with Crippen molar-refractivity contribution in [2.75, 3.05) is 24.2 Å². The first-order chi connectivity index (χ1) is 11.5. The summed E-state index contributed by atoms with van der Waals surface area (Å²) in [5.41, 5.74) is 8.47. The van der Waals surface area contributed by atoms with Gasteiger partial charge in [0.25, 0.3) is 0 Å². The third-order valence-corrected chi connectivity index (χ3v) is 3.52. The number of carbonyl (C=O) groups excluding carboxylic acids is 2. The molecule has 2 aromatic carbocycles. The largest absolute Gasteiger partial charge is 0.397 e. The fraction of sp³-hybridized carbons (Fsp3) is 0.222. The van der Waals surface area contributed by atoms with Gasteiger partial charge in [0.2, 0.25) is 0 Å². The Morgan fingerprint density at radius 2 is 1.88 bits per heavy atom. The normalized spacial score (nSPS) is 10.2. The average molecular weight is 327 g/mol. The number of hydrogen-bond donors (Lipinski definition) is 3. The summed E-state index contributed by atoms with van der Waals surface area (Å²) < 4.78 is 0. The van der Waals surface area contributed by atoms with E-state index in [0.717, 1.165) is 11.1 Å². The van der Waals surface area contributed by atoms with Crippen molar-refractivity contribution in [1.29, 1.82) is 0 Å². The molecule has 2 aromatic rings. The van der Waals surface area contributed by atoms with Crippen LogP contribution in [0.15, 0.2) is 48.5 Å². The zero-order valence-electron chi connectivity index (χ0n) is 13.5. The van der Waals surface area contributed by atoms with Gasteiger partial charge < -0.3 is 21.1 Å². The van der Waals surface area contributed by atoms with Gasteiger partial charge >= 0.3 is 11.8 Å². The summed E-state index contributed by atoms with van der Waals surface area (Å²) in [7, 11) is 0. The van der Waals surface area contributed by atoms with Gasteiger partial charge in [-0.1, -0.05) is 36.4 Å². The van der Waals surface area contributed by atoms with Gasteiger partial charge in [0.15, 0.2) is 0 Å². The Kier molecular flexibility index (Phi) is 5.92. The summed E-state index contributed by atoms with van der Waals surface area (Å²) in [5, 5.41) is 11.7.